The molecule has 4 aromatic heterocycles. The number of aromatic nitrogens is 4. The summed E-state index contributed by atoms with van der Waals surface area (Å²) in [6.45, 7) is 6.22. The lowest BCUT2D eigenvalue weighted by Crippen LogP contribution is -2.25. The normalized spacial score (nSPS) is 11.4. The molecule has 4 heterocycles. The van der Waals surface area contributed by atoms with Crippen LogP contribution in [0.5, 0.6) is 45.6 Å². The average Bonchev–Trinajstić information content (AvgIpc) is 4.14. The number of carbonyl (C=O) groups excluding carboxylic acids is 2. The van der Waals surface area contributed by atoms with Crippen molar-refractivity contribution in [3.8, 4) is 45.6 Å². The Bertz CT molecular complexity index is 3660. The second-order valence-electron chi connectivity index (χ2n) is 15.6. The highest BCUT2D eigenvalue weighted by Crippen LogP contribution is 2.41. The number of anilines is 3. The number of fused-ring (bicyclic) bond motifs is 2. The number of amides is 2. The van der Waals surface area contributed by atoms with Crippen molar-refractivity contribution in [2.75, 3.05) is 49.3 Å². The molecule has 0 atom stereocenters. The minimum absolute atomic E-state index is 0.00566. The Labute approximate surface area is 431 Å². The lowest BCUT2D eigenvalue weighted by Gasteiger charge is -2.14. The summed E-state index contributed by atoms with van der Waals surface area (Å²) < 4.78 is 123. The summed E-state index contributed by atoms with van der Waals surface area (Å²) in [6, 6.07) is 18.2. The topological polar surface area (TPSA) is 293 Å². The van der Waals surface area contributed by atoms with Crippen LogP contribution in [0.4, 0.5) is 26.5 Å². The maximum atomic E-state index is 14.0. The van der Waals surface area contributed by atoms with Gasteiger partial charge in [-0.2, -0.15) is 0 Å². The van der Waals surface area contributed by atoms with Crippen LogP contribution in [0.25, 0.3) is 21.9 Å². The smallest absolute Gasteiger partial charge is 0.407 e. The van der Waals surface area contributed by atoms with Gasteiger partial charge in [-0.15, -0.1) is 0 Å². The second-order valence-corrected chi connectivity index (χ2v) is 20.0. The van der Waals surface area contributed by atoms with Gasteiger partial charge in [0, 0.05) is 29.3 Å². The molecule has 4 N–H and O–H groups in total. The van der Waals surface area contributed by atoms with Gasteiger partial charge in [0.05, 0.1) is 50.5 Å². The lowest BCUT2D eigenvalue weighted by molar-refractivity contribution is -0.114. The van der Waals surface area contributed by atoms with Gasteiger partial charge in [0.25, 0.3) is 31.1 Å². The summed E-state index contributed by atoms with van der Waals surface area (Å²) in [5.74, 6) is -1.56. The number of thiazole rings is 1. The fourth-order valence-corrected chi connectivity index (χ4v) is 10.1. The fraction of sp³-hybridized carbons (Fsp3) is 0.208. The molecule has 8 aromatic rings. The van der Waals surface area contributed by atoms with Crippen molar-refractivity contribution in [3.63, 3.8) is 0 Å². The van der Waals surface area contributed by atoms with E-state index in [0.717, 1.165) is 16.9 Å². The first-order chi connectivity index (χ1) is 36.0. The van der Waals surface area contributed by atoms with E-state index in [0.29, 0.717) is 28.7 Å². The molecule has 392 valence electrons. The SMILES string of the molecule is C=C(F)C(=O)Nc1ccc(Oc2cc3onc(NS(=O)(=O)c4cc(CC)ccc4OCCOC(=O)NCc4cnc(Oc5cc6onc(NS(=O)(=O)c7cc(CC)ccc7OC)c6cc5OC)s4)c3cc2OC)nc1. The number of aryl methyl sites for hydroxylation is 2. The third-order valence-electron chi connectivity index (χ3n) is 10.8. The van der Waals surface area contributed by atoms with Crippen LogP contribution < -0.4 is 48.5 Å². The minimum atomic E-state index is -4.39. The number of ether oxygens (including phenoxy) is 7. The Morgan fingerprint density at radius 2 is 1.25 bits per heavy atom. The molecule has 0 saturated heterocycles. The van der Waals surface area contributed by atoms with Crippen LogP contribution in [0.2, 0.25) is 0 Å². The molecule has 0 spiro atoms. The average molecular weight is 1090 g/mol. The standard InChI is InChI=1S/C48H45FN8O15S3/c1-7-27-9-12-33(64-4)41(17-27)74(60,61)56-44-32-20-38(66-6)40(22-36(32)72-54-44)70-48-52-25-30(73-48)24-51-47(59)68-16-15-67-34-13-10-28(8-2)18-42(34)75(62,63)57-45-31-19-37(65-5)39(21-35(31)71-55-45)69-43-14-11-29(23-50-43)53-46(58)26(3)49/h9-14,17-23,25H,3,7-8,15-16,24H2,1-2,4-6H3,(H,51,59)(H,53,58)(H,54,56)(H,55,57). The van der Waals surface area contributed by atoms with Crippen LogP contribution in [-0.4, -0.2) is 83.7 Å². The number of methoxy groups -OCH3 is 3. The number of pyridine rings is 1. The van der Waals surface area contributed by atoms with Gasteiger partial charge < -0.3 is 52.8 Å². The van der Waals surface area contributed by atoms with E-state index in [9.17, 15) is 30.8 Å². The fourth-order valence-electron chi connectivity index (χ4n) is 6.97. The monoisotopic (exact) mass is 1090 g/mol. The van der Waals surface area contributed by atoms with Crippen molar-refractivity contribution in [1.29, 1.82) is 0 Å². The van der Waals surface area contributed by atoms with Gasteiger partial charge in [-0.1, -0.05) is 54.2 Å². The largest absolute Gasteiger partial charge is 0.495 e. The number of halogens is 1. The Morgan fingerprint density at radius 3 is 1.80 bits per heavy atom. The third-order valence-corrected chi connectivity index (χ3v) is 14.4. The van der Waals surface area contributed by atoms with Crippen LogP contribution in [0, 0.1) is 0 Å². The molecule has 0 aliphatic rings. The highest BCUT2D eigenvalue weighted by atomic mass is 32.2. The second kappa shape index (κ2) is 22.6. The Kier molecular flexibility index (Phi) is 15.9. The van der Waals surface area contributed by atoms with Gasteiger partial charge in [0.15, 0.2) is 51.6 Å². The molecule has 75 heavy (non-hydrogen) atoms. The number of rotatable bonds is 23. The van der Waals surface area contributed by atoms with Gasteiger partial charge in [0.2, 0.25) is 5.88 Å². The maximum Gasteiger partial charge on any atom is 0.407 e. The number of hydrogen-bond acceptors (Lipinski definition) is 20. The van der Waals surface area contributed by atoms with Gasteiger partial charge in [-0.25, -0.2) is 36.0 Å². The first kappa shape index (κ1) is 52.6. The Hall–Kier alpha value is -8.69. The van der Waals surface area contributed by atoms with Crippen molar-refractivity contribution < 1.29 is 73.0 Å². The summed E-state index contributed by atoms with van der Waals surface area (Å²) in [7, 11) is -4.40. The number of nitrogens with one attached hydrogen (secondary N) is 4. The third kappa shape index (κ3) is 12.2. The van der Waals surface area contributed by atoms with Crippen LogP contribution >= 0.6 is 11.3 Å². The predicted octanol–water partition coefficient (Wildman–Crippen LogP) is 8.88. The zero-order valence-corrected chi connectivity index (χ0v) is 42.8. The van der Waals surface area contributed by atoms with Gasteiger partial charge in [0.1, 0.15) is 34.5 Å². The van der Waals surface area contributed by atoms with Crippen LogP contribution in [0.1, 0.15) is 29.9 Å². The molecule has 0 aliphatic heterocycles. The highest BCUT2D eigenvalue weighted by Gasteiger charge is 2.27. The van der Waals surface area contributed by atoms with Crippen LogP contribution in [-0.2, 0) is 49.0 Å². The van der Waals surface area contributed by atoms with Gasteiger partial charge in [-0.3, -0.25) is 14.2 Å². The van der Waals surface area contributed by atoms with Crippen molar-refractivity contribution in [1.82, 2.24) is 25.6 Å². The maximum absolute atomic E-state index is 14.0. The van der Waals surface area contributed by atoms with Crippen LogP contribution in [0.3, 0.4) is 0 Å². The van der Waals surface area contributed by atoms with E-state index < -0.39 is 37.9 Å². The molecule has 4 aromatic carbocycles. The Morgan fingerprint density at radius 1 is 0.680 bits per heavy atom. The van der Waals surface area contributed by atoms with Crippen molar-refractivity contribution in [3.05, 3.63) is 114 Å². The van der Waals surface area contributed by atoms with E-state index in [1.807, 2.05) is 13.8 Å². The predicted molar refractivity (Wildman–Crippen MR) is 270 cm³/mol. The number of carbonyl (C=O) groups is 2. The van der Waals surface area contributed by atoms with E-state index in [-0.39, 0.29) is 109 Å². The number of nitrogens with zero attached hydrogens (tertiary/aromatic N) is 4. The molecule has 0 bridgehead atoms. The molecular formula is C48H45FN8O15S3. The number of hydrogen-bond donors (Lipinski definition) is 4. The molecule has 8 rings (SSSR count). The molecule has 23 nitrogen and oxygen atoms in total. The molecule has 0 saturated carbocycles. The van der Waals surface area contributed by atoms with Crippen molar-refractivity contribution in [2.24, 2.45) is 0 Å². The molecule has 27 heteroatoms. The van der Waals surface area contributed by atoms with E-state index in [2.05, 4.69) is 46.9 Å². The molecule has 2 amide bonds. The van der Waals surface area contributed by atoms with Crippen molar-refractivity contribution in [2.45, 2.75) is 43.0 Å². The zero-order valence-electron chi connectivity index (χ0n) is 40.3. The summed E-state index contributed by atoms with van der Waals surface area (Å²) in [4.78, 5) is 33.0. The minimum Gasteiger partial charge on any atom is -0.495 e. The number of benzene rings is 4. The van der Waals surface area contributed by atoms with Gasteiger partial charge in [-0.05, 0) is 66.4 Å². The van der Waals surface area contributed by atoms with E-state index >= 15 is 0 Å². The molecular weight excluding hydrogens is 1040 g/mol. The summed E-state index contributed by atoms with van der Waals surface area (Å²) in [5, 5.41) is 13.5. The summed E-state index contributed by atoms with van der Waals surface area (Å²) in [6.07, 6.45) is 3.03. The first-order valence-corrected chi connectivity index (χ1v) is 26.1. The number of sulfonamides is 2. The molecule has 0 aliphatic carbocycles. The number of alkyl carbamates (subject to hydrolysis) is 1. The molecule has 0 radical (unpaired) electrons. The molecule has 0 unspecified atom stereocenters. The van der Waals surface area contributed by atoms with E-state index in [4.69, 9.17) is 42.2 Å². The summed E-state index contributed by atoms with van der Waals surface area (Å²) in [5.41, 5.74) is 1.96. The zero-order chi connectivity index (χ0) is 53.4. The first-order valence-electron chi connectivity index (χ1n) is 22.3. The lowest BCUT2D eigenvalue weighted by atomic mass is 10.2. The molecule has 0 fully saturated rings. The quantitative estimate of drug-likeness (QED) is 0.0343. The van der Waals surface area contributed by atoms with E-state index in [1.54, 1.807) is 18.2 Å². The van der Waals surface area contributed by atoms with Crippen LogP contribution in [0.15, 0.2) is 116 Å². The van der Waals surface area contributed by atoms with E-state index in [1.165, 1.54) is 88.3 Å². The Balaban J connectivity index is 0.850. The van der Waals surface area contributed by atoms with Gasteiger partial charge >= 0.3 is 6.09 Å². The summed E-state index contributed by atoms with van der Waals surface area (Å²) >= 11 is 1.11. The van der Waals surface area contributed by atoms with Crippen molar-refractivity contribution >= 4 is 82.6 Å². The highest BCUT2D eigenvalue weighted by molar-refractivity contribution is 7.93.